The summed E-state index contributed by atoms with van der Waals surface area (Å²) < 4.78 is 16.9. The molecule has 1 aliphatic rings. The summed E-state index contributed by atoms with van der Waals surface area (Å²) in [6, 6.07) is 3.63. The number of benzene rings is 1. The van der Waals surface area contributed by atoms with E-state index in [1.807, 2.05) is 19.1 Å². The molecule has 2 rings (SSSR count). The number of hydrogen-bond acceptors (Lipinski definition) is 4. The second-order valence-electron chi connectivity index (χ2n) is 4.81. The Morgan fingerprint density at radius 1 is 1.32 bits per heavy atom. The monoisotopic (exact) mass is 330 g/mol. The van der Waals surface area contributed by atoms with Gasteiger partial charge in [-0.25, -0.2) is 0 Å². The van der Waals surface area contributed by atoms with E-state index in [-0.39, 0.29) is 12.0 Å². The van der Waals surface area contributed by atoms with Gasteiger partial charge in [0.15, 0.2) is 0 Å². The fraction of sp³-hybridized carbons (Fsp3) is 0.571. The molecule has 1 fully saturated rings. The lowest BCUT2D eigenvalue weighted by Gasteiger charge is -2.20. The van der Waals surface area contributed by atoms with Crippen molar-refractivity contribution in [2.24, 2.45) is 5.92 Å². The van der Waals surface area contributed by atoms with Crippen LogP contribution in [0.15, 0.2) is 16.6 Å². The van der Waals surface area contributed by atoms with E-state index >= 15 is 0 Å². The van der Waals surface area contributed by atoms with E-state index < -0.39 is 6.10 Å². The van der Waals surface area contributed by atoms with Crippen molar-refractivity contribution in [1.82, 2.24) is 0 Å². The van der Waals surface area contributed by atoms with Crippen LogP contribution in [0.25, 0.3) is 0 Å². The van der Waals surface area contributed by atoms with E-state index in [1.165, 1.54) is 0 Å². The topological polar surface area (TPSA) is 47.9 Å². The van der Waals surface area contributed by atoms with Crippen LogP contribution in [-0.2, 0) is 4.74 Å². The van der Waals surface area contributed by atoms with Gasteiger partial charge in [-0.3, -0.25) is 0 Å². The molecule has 0 amide bonds. The number of aliphatic hydroxyl groups excluding tert-OH is 1. The Balaban J connectivity index is 2.31. The average molecular weight is 331 g/mol. The number of aliphatic hydroxyl groups is 1. The number of methoxy groups -OCH3 is 2. The van der Waals surface area contributed by atoms with Gasteiger partial charge in [0.25, 0.3) is 0 Å². The third-order valence-electron chi connectivity index (χ3n) is 3.50. The molecule has 0 aliphatic carbocycles. The van der Waals surface area contributed by atoms with Gasteiger partial charge in [0.2, 0.25) is 0 Å². The van der Waals surface area contributed by atoms with E-state index in [9.17, 15) is 5.11 Å². The number of ether oxygens (including phenoxy) is 3. The molecular formula is C14H19BrO4. The van der Waals surface area contributed by atoms with E-state index in [2.05, 4.69) is 15.9 Å². The molecule has 0 radical (unpaired) electrons. The number of rotatable bonds is 4. The van der Waals surface area contributed by atoms with Crippen LogP contribution in [0.5, 0.6) is 11.5 Å². The molecule has 1 N–H and O–H groups in total. The van der Waals surface area contributed by atoms with Gasteiger partial charge >= 0.3 is 0 Å². The number of hydrogen-bond donors (Lipinski definition) is 1. The highest BCUT2D eigenvalue weighted by molar-refractivity contribution is 9.10. The standard InChI is InChI=1S/C14H19BrO4/c1-8-4-9(7-19-8)14(16)10-5-13(18-3)11(15)6-12(10)17-2/h5-6,8-9,14,16H,4,7H2,1-3H3. The molecule has 19 heavy (non-hydrogen) atoms. The molecule has 0 aromatic heterocycles. The first-order chi connectivity index (χ1) is 9.06. The van der Waals surface area contributed by atoms with E-state index in [0.717, 1.165) is 16.5 Å². The van der Waals surface area contributed by atoms with Crippen LogP contribution in [0.2, 0.25) is 0 Å². The van der Waals surface area contributed by atoms with Crippen molar-refractivity contribution in [2.45, 2.75) is 25.6 Å². The Labute approximate surface area is 121 Å². The lowest BCUT2D eigenvalue weighted by molar-refractivity contribution is 0.0788. The molecule has 5 heteroatoms. The van der Waals surface area contributed by atoms with E-state index in [0.29, 0.717) is 18.1 Å². The minimum absolute atomic E-state index is 0.0924. The van der Waals surface area contributed by atoms with Gasteiger partial charge in [0.05, 0.1) is 37.5 Å². The van der Waals surface area contributed by atoms with Crippen molar-refractivity contribution in [3.8, 4) is 11.5 Å². The van der Waals surface area contributed by atoms with Crippen molar-refractivity contribution in [1.29, 1.82) is 0 Å². The lowest BCUT2D eigenvalue weighted by Crippen LogP contribution is -2.14. The summed E-state index contributed by atoms with van der Waals surface area (Å²) in [6.07, 6.45) is 0.438. The molecule has 0 saturated carbocycles. The Morgan fingerprint density at radius 2 is 2.00 bits per heavy atom. The van der Waals surface area contributed by atoms with Crippen LogP contribution in [0.1, 0.15) is 25.0 Å². The minimum Gasteiger partial charge on any atom is -0.496 e. The largest absolute Gasteiger partial charge is 0.496 e. The number of halogens is 1. The lowest BCUT2D eigenvalue weighted by atomic mass is 9.93. The van der Waals surface area contributed by atoms with Crippen LogP contribution < -0.4 is 9.47 Å². The summed E-state index contributed by atoms with van der Waals surface area (Å²) in [4.78, 5) is 0. The van der Waals surface area contributed by atoms with Gasteiger partial charge in [-0.05, 0) is 41.4 Å². The van der Waals surface area contributed by atoms with Crippen LogP contribution >= 0.6 is 15.9 Å². The van der Waals surface area contributed by atoms with Crippen molar-refractivity contribution in [2.75, 3.05) is 20.8 Å². The summed E-state index contributed by atoms with van der Waals surface area (Å²) in [5, 5.41) is 10.5. The van der Waals surface area contributed by atoms with Gasteiger partial charge < -0.3 is 19.3 Å². The van der Waals surface area contributed by atoms with Gasteiger partial charge in [0.1, 0.15) is 11.5 Å². The summed E-state index contributed by atoms with van der Waals surface area (Å²) in [5.41, 5.74) is 0.741. The predicted molar refractivity (Wildman–Crippen MR) is 75.7 cm³/mol. The van der Waals surface area contributed by atoms with Gasteiger partial charge in [-0.1, -0.05) is 0 Å². The predicted octanol–water partition coefficient (Wildman–Crippen LogP) is 2.92. The maximum atomic E-state index is 10.5. The second kappa shape index (κ2) is 6.11. The van der Waals surface area contributed by atoms with Crippen molar-refractivity contribution in [3.63, 3.8) is 0 Å². The van der Waals surface area contributed by atoms with E-state index in [1.54, 1.807) is 14.2 Å². The fourth-order valence-electron chi connectivity index (χ4n) is 2.44. The maximum Gasteiger partial charge on any atom is 0.133 e. The highest BCUT2D eigenvalue weighted by atomic mass is 79.9. The molecule has 1 aliphatic heterocycles. The molecular weight excluding hydrogens is 312 g/mol. The zero-order valence-corrected chi connectivity index (χ0v) is 12.9. The van der Waals surface area contributed by atoms with Crippen molar-refractivity contribution < 1.29 is 19.3 Å². The van der Waals surface area contributed by atoms with Crippen molar-refractivity contribution in [3.05, 3.63) is 22.2 Å². The summed E-state index contributed by atoms with van der Waals surface area (Å²) in [7, 11) is 3.20. The first-order valence-corrected chi connectivity index (χ1v) is 7.07. The Bertz CT molecular complexity index is 449. The molecule has 3 unspecified atom stereocenters. The minimum atomic E-state index is -0.609. The molecule has 1 heterocycles. The van der Waals surface area contributed by atoms with Crippen LogP contribution in [0, 0.1) is 5.92 Å². The summed E-state index contributed by atoms with van der Waals surface area (Å²) >= 11 is 3.41. The molecule has 106 valence electrons. The first-order valence-electron chi connectivity index (χ1n) is 6.28. The van der Waals surface area contributed by atoms with Crippen LogP contribution in [0.3, 0.4) is 0 Å². The quantitative estimate of drug-likeness (QED) is 0.922. The third-order valence-corrected chi connectivity index (χ3v) is 4.12. The highest BCUT2D eigenvalue weighted by Gasteiger charge is 2.31. The molecule has 1 aromatic carbocycles. The molecule has 1 saturated heterocycles. The van der Waals surface area contributed by atoms with Crippen LogP contribution in [-0.4, -0.2) is 32.0 Å². The fourth-order valence-corrected chi connectivity index (χ4v) is 2.92. The zero-order valence-electron chi connectivity index (χ0n) is 11.4. The molecule has 1 aromatic rings. The van der Waals surface area contributed by atoms with Gasteiger partial charge in [0, 0.05) is 11.5 Å². The Hall–Kier alpha value is -0.780. The van der Waals surface area contributed by atoms with E-state index in [4.69, 9.17) is 14.2 Å². The summed E-state index contributed by atoms with van der Waals surface area (Å²) in [5.74, 6) is 1.43. The Kier molecular flexibility index (Phi) is 4.71. The highest BCUT2D eigenvalue weighted by Crippen LogP contribution is 2.40. The maximum absolute atomic E-state index is 10.5. The SMILES string of the molecule is COc1cc(C(O)C2COC(C)C2)c(OC)cc1Br. The molecule has 0 bridgehead atoms. The second-order valence-corrected chi connectivity index (χ2v) is 5.67. The summed E-state index contributed by atoms with van der Waals surface area (Å²) in [6.45, 7) is 2.59. The molecule has 0 spiro atoms. The first kappa shape index (κ1) is 14.6. The third kappa shape index (κ3) is 3.04. The average Bonchev–Trinajstić information content (AvgIpc) is 2.84. The molecule has 3 atom stereocenters. The molecule has 4 nitrogen and oxygen atoms in total. The van der Waals surface area contributed by atoms with Gasteiger partial charge in [-0.2, -0.15) is 0 Å². The zero-order chi connectivity index (χ0) is 14.0. The normalized spacial score (nSPS) is 24.3. The van der Waals surface area contributed by atoms with Crippen molar-refractivity contribution >= 4 is 15.9 Å². The smallest absolute Gasteiger partial charge is 0.133 e. The Morgan fingerprint density at radius 3 is 2.53 bits per heavy atom. The van der Waals surface area contributed by atoms with Gasteiger partial charge in [-0.15, -0.1) is 0 Å². The van der Waals surface area contributed by atoms with Crippen LogP contribution in [0.4, 0.5) is 0 Å².